The van der Waals surface area contributed by atoms with Crippen molar-refractivity contribution in [3.63, 3.8) is 0 Å². The molecule has 1 aliphatic carbocycles. The summed E-state index contributed by atoms with van der Waals surface area (Å²) in [5, 5.41) is 15.5. The van der Waals surface area contributed by atoms with Gasteiger partial charge in [0.25, 0.3) is 0 Å². The Hall–Kier alpha value is -4.20. The molecule has 0 spiro atoms. The lowest BCUT2D eigenvalue weighted by atomic mass is 9.83. The smallest absolute Gasteiger partial charge is 0.345 e. The van der Waals surface area contributed by atoms with Gasteiger partial charge in [-0.15, -0.1) is 11.3 Å². The van der Waals surface area contributed by atoms with Crippen LogP contribution in [0.4, 0.5) is 5.69 Å². The predicted octanol–water partition coefficient (Wildman–Crippen LogP) is 10.0. The summed E-state index contributed by atoms with van der Waals surface area (Å²) in [7, 11) is 1.69. The van der Waals surface area contributed by atoms with E-state index in [1.807, 2.05) is 36.4 Å². The predicted molar refractivity (Wildman–Crippen MR) is 181 cm³/mol. The Labute approximate surface area is 264 Å². The Morgan fingerprint density at radius 3 is 2.55 bits per heavy atom. The van der Waals surface area contributed by atoms with Crippen molar-refractivity contribution >= 4 is 55.7 Å². The highest BCUT2D eigenvalue weighted by atomic mass is 35.5. The van der Waals surface area contributed by atoms with Crippen LogP contribution >= 0.6 is 22.9 Å². The highest BCUT2D eigenvalue weighted by Gasteiger charge is 2.31. The third kappa shape index (κ3) is 4.41. The van der Waals surface area contributed by atoms with Crippen molar-refractivity contribution in [3.8, 4) is 39.4 Å². The fourth-order valence-electron chi connectivity index (χ4n) is 7.33. The first kappa shape index (κ1) is 27.4. The number of hydrogen-bond donors (Lipinski definition) is 3. The van der Waals surface area contributed by atoms with Crippen LogP contribution in [0.1, 0.15) is 53.3 Å². The van der Waals surface area contributed by atoms with Crippen LogP contribution in [-0.2, 0) is 6.54 Å². The number of benzene rings is 3. The number of methoxy groups -OCH3 is 1. The molecule has 0 unspecified atom stereocenters. The van der Waals surface area contributed by atoms with Gasteiger partial charge in [0.1, 0.15) is 10.6 Å². The molecule has 1 fully saturated rings. The van der Waals surface area contributed by atoms with Crippen LogP contribution in [0.3, 0.4) is 0 Å². The van der Waals surface area contributed by atoms with Crippen molar-refractivity contribution in [2.24, 2.45) is 0 Å². The molecule has 0 amide bonds. The molecule has 3 N–H and O–H groups in total. The maximum atomic E-state index is 12.0. The number of ether oxygens (including phenoxy) is 1. The fraction of sp³-hybridized carbons (Fsp3) is 0.250. The molecule has 1 aliphatic heterocycles. The first-order valence-corrected chi connectivity index (χ1v) is 16.4. The number of carboxylic acid groups (broad SMARTS) is 1. The zero-order valence-corrected chi connectivity index (χ0v) is 25.9. The maximum Gasteiger partial charge on any atom is 0.345 e. The molecule has 8 heteroatoms. The van der Waals surface area contributed by atoms with Gasteiger partial charge in [-0.1, -0.05) is 49.1 Å². The van der Waals surface area contributed by atoms with Crippen molar-refractivity contribution in [2.75, 3.05) is 19.0 Å². The Bertz CT molecular complexity index is 2060. The zero-order chi connectivity index (χ0) is 29.9. The number of aromatic nitrogens is 2. The quantitative estimate of drug-likeness (QED) is 0.179. The molecule has 0 bridgehead atoms. The van der Waals surface area contributed by atoms with Crippen molar-refractivity contribution in [3.05, 3.63) is 82.2 Å². The Kier molecular flexibility index (Phi) is 6.69. The number of thiophene rings is 1. The van der Waals surface area contributed by atoms with Crippen molar-refractivity contribution in [1.29, 1.82) is 0 Å². The van der Waals surface area contributed by atoms with Crippen LogP contribution < -0.4 is 10.1 Å². The Morgan fingerprint density at radius 2 is 1.77 bits per heavy atom. The summed E-state index contributed by atoms with van der Waals surface area (Å²) in [6.07, 6.45) is 6.00. The van der Waals surface area contributed by atoms with Crippen LogP contribution in [0.5, 0.6) is 5.75 Å². The molecule has 3 aromatic heterocycles. The van der Waals surface area contributed by atoms with E-state index in [2.05, 4.69) is 45.2 Å². The van der Waals surface area contributed by atoms with Gasteiger partial charge in [0.05, 0.1) is 28.7 Å². The summed E-state index contributed by atoms with van der Waals surface area (Å²) in [5.74, 6) is 0.383. The van der Waals surface area contributed by atoms with Crippen molar-refractivity contribution in [1.82, 2.24) is 9.55 Å². The highest BCUT2D eigenvalue weighted by molar-refractivity contribution is 7.21. The normalized spacial score (nSPS) is 15.1. The first-order chi connectivity index (χ1) is 21.5. The number of nitrogens with zero attached hydrogens (tertiary/aromatic N) is 1. The van der Waals surface area contributed by atoms with Gasteiger partial charge >= 0.3 is 5.97 Å². The maximum absolute atomic E-state index is 12.0. The van der Waals surface area contributed by atoms with E-state index in [0.717, 1.165) is 80.9 Å². The van der Waals surface area contributed by atoms with E-state index in [1.54, 1.807) is 7.11 Å². The molecule has 0 atom stereocenters. The average molecular weight is 622 g/mol. The van der Waals surface area contributed by atoms with E-state index < -0.39 is 5.97 Å². The van der Waals surface area contributed by atoms with Gasteiger partial charge in [0, 0.05) is 45.8 Å². The fourth-order valence-corrected chi connectivity index (χ4v) is 8.58. The van der Waals surface area contributed by atoms with Crippen LogP contribution in [0, 0.1) is 0 Å². The number of nitrogens with one attached hydrogen (secondary N) is 2. The third-order valence-corrected chi connectivity index (χ3v) is 10.8. The third-order valence-electron chi connectivity index (χ3n) is 9.37. The number of H-pyrrole nitrogens is 1. The number of carbonyl (C=O) groups is 1. The van der Waals surface area contributed by atoms with E-state index in [0.29, 0.717) is 15.8 Å². The molecule has 222 valence electrons. The Morgan fingerprint density at radius 1 is 0.977 bits per heavy atom. The minimum absolute atomic E-state index is 0.417. The lowest BCUT2D eigenvalue weighted by molar-refractivity contribution is 0.0702. The first-order valence-electron chi connectivity index (χ1n) is 15.2. The molecule has 0 radical (unpaired) electrons. The van der Waals surface area contributed by atoms with E-state index in [9.17, 15) is 9.90 Å². The second kappa shape index (κ2) is 10.8. The number of anilines is 1. The zero-order valence-electron chi connectivity index (χ0n) is 24.4. The number of halogens is 1. The number of carboxylic acids is 1. The standard InChI is InChI=1S/C36H32ClN3O3S/c1-43-23-11-12-24(20-7-9-22(37)10-8-20)26(17-23)29-18-27-28(39-29)14-13-25-33(27)38-15-16-40-30-19-31(36(41)42)44-35(30)32(34(25)40)21-5-3-2-4-6-21/h7-14,17-19,21,38-39H,2-6,15-16H2,1H3,(H,41,42). The molecule has 6 nitrogen and oxygen atoms in total. The summed E-state index contributed by atoms with van der Waals surface area (Å²) in [6.45, 7) is 1.53. The molecule has 8 rings (SSSR count). The second-order valence-corrected chi connectivity index (χ2v) is 13.3. The number of rotatable bonds is 5. The van der Waals surface area contributed by atoms with Gasteiger partial charge in [-0.2, -0.15) is 0 Å². The number of hydrogen-bond acceptors (Lipinski definition) is 4. The van der Waals surface area contributed by atoms with E-state index in [1.165, 1.54) is 47.4 Å². The van der Waals surface area contributed by atoms with Gasteiger partial charge in [-0.25, -0.2) is 4.79 Å². The summed E-state index contributed by atoms with van der Waals surface area (Å²) in [5.41, 5.74) is 11.3. The molecular formula is C36H32ClN3O3S. The molecule has 0 saturated heterocycles. The van der Waals surface area contributed by atoms with Crippen LogP contribution in [0.15, 0.2) is 66.7 Å². The molecule has 6 aromatic rings. The van der Waals surface area contributed by atoms with Gasteiger partial charge in [0.2, 0.25) is 0 Å². The van der Waals surface area contributed by atoms with Gasteiger partial charge < -0.3 is 24.7 Å². The molecule has 2 aliphatic rings. The van der Waals surface area contributed by atoms with Crippen LogP contribution in [0.2, 0.25) is 5.02 Å². The van der Waals surface area contributed by atoms with Gasteiger partial charge in [-0.05, 0) is 84.0 Å². The monoisotopic (exact) mass is 621 g/mol. The minimum atomic E-state index is -0.848. The van der Waals surface area contributed by atoms with Gasteiger partial charge in [0.15, 0.2) is 0 Å². The van der Waals surface area contributed by atoms with E-state index >= 15 is 0 Å². The lowest BCUT2D eigenvalue weighted by Gasteiger charge is -2.23. The summed E-state index contributed by atoms with van der Waals surface area (Å²) >= 11 is 7.66. The van der Waals surface area contributed by atoms with Crippen molar-refractivity contribution in [2.45, 2.75) is 44.6 Å². The largest absolute Gasteiger partial charge is 0.497 e. The SMILES string of the molecule is COc1ccc(-c2ccc(Cl)cc2)c(-c2cc3c4c(ccc3[nH]2)-c2c(C3CCCCC3)c3sc(C(=O)O)cc3n2CCN4)c1. The number of aromatic amines is 1. The van der Waals surface area contributed by atoms with Gasteiger partial charge in [-0.3, -0.25) is 0 Å². The lowest BCUT2D eigenvalue weighted by Crippen LogP contribution is -2.08. The summed E-state index contributed by atoms with van der Waals surface area (Å²) < 4.78 is 9.16. The number of aromatic carboxylic acids is 1. The van der Waals surface area contributed by atoms with Crippen molar-refractivity contribution < 1.29 is 14.6 Å². The second-order valence-electron chi connectivity index (χ2n) is 11.9. The average Bonchev–Trinajstić information content (AvgIpc) is 3.72. The Balaban J connectivity index is 1.33. The van der Waals surface area contributed by atoms with Crippen LogP contribution in [-0.4, -0.2) is 34.3 Å². The van der Waals surface area contributed by atoms with E-state index in [-0.39, 0.29) is 0 Å². The summed E-state index contributed by atoms with van der Waals surface area (Å²) in [6, 6.07) is 22.7. The molecular weight excluding hydrogens is 590 g/mol. The van der Waals surface area contributed by atoms with Crippen LogP contribution in [0.25, 0.3) is 54.8 Å². The topological polar surface area (TPSA) is 79.3 Å². The highest BCUT2D eigenvalue weighted by Crippen LogP contribution is 2.50. The number of fused-ring (bicyclic) bond motifs is 7. The molecule has 1 saturated carbocycles. The van der Waals surface area contributed by atoms with E-state index in [4.69, 9.17) is 16.3 Å². The minimum Gasteiger partial charge on any atom is -0.497 e. The molecule has 4 heterocycles. The summed E-state index contributed by atoms with van der Waals surface area (Å²) in [4.78, 5) is 16.1. The molecule has 44 heavy (non-hydrogen) atoms. The molecule has 3 aromatic carbocycles.